The van der Waals surface area contributed by atoms with Gasteiger partial charge < -0.3 is 39.9 Å². The van der Waals surface area contributed by atoms with E-state index in [-0.39, 0.29) is 13.0 Å². The Morgan fingerprint density at radius 1 is 0.508 bits per heavy atom. The molecule has 0 bridgehead atoms. The highest BCUT2D eigenvalue weighted by molar-refractivity contribution is 7.47. The average Bonchev–Trinajstić information content (AvgIpc) is 3.29. The van der Waals surface area contributed by atoms with Gasteiger partial charge in [0.1, 0.15) is 42.7 Å². The van der Waals surface area contributed by atoms with Crippen LogP contribution in [0.4, 0.5) is 0 Å². The lowest BCUT2D eigenvalue weighted by atomic mass is 9.85. The molecule has 1 aliphatic rings. The number of phosphoric acid groups is 1. The van der Waals surface area contributed by atoms with Gasteiger partial charge in [0, 0.05) is 13.0 Å². The van der Waals surface area contributed by atoms with Gasteiger partial charge >= 0.3 is 13.8 Å². The molecule has 0 aliphatic heterocycles. The Bertz CT molecular complexity index is 1300. The van der Waals surface area contributed by atoms with Crippen molar-refractivity contribution in [2.45, 2.75) is 243 Å². The van der Waals surface area contributed by atoms with E-state index in [0.717, 1.165) is 51.4 Å². The first-order valence-electron chi connectivity index (χ1n) is 25.6. The SMILES string of the molecule is CC/C=C\C/C=C\C/C=C\C/C=C\C/C=C\CCCC(=O)OC(COCCCCCCCCCCCCCCCCCCCCCCC)COP(=O)(O)OC1C(O)C(O)C(O)C(O)C1O. The molecular formula is C52H93O12P. The van der Waals surface area contributed by atoms with Gasteiger partial charge in [0.2, 0.25) is 0 Å². The first-order chi connectivity index (χ1) is 31.5. The third-order valence-electron chi connectivity index (χ3n) is 11.7. The highest BCUT2D eigenvalue weighted by atomic mass is 31.2. The molecule has 0 amide bonds. The van der Waals surface area contributed by atoms with Gasteiger partial charge in [-0.2, -0.15) is 0 Å². The van der Waals surface area contributed by atoms with Crippen LogP contribution in [0.25, 0.3) is 0 Å². The molecule has 0 aromatic heterocycles. The predicted molar refractivity (Wildman–Crippen MR) is 262 cm³/mol. The first kappa shape index (κ1) is 61.1. The van der Waals surface area contributed by atoms with Crippen molar-refractivity contribution in [2.75, 3.05) is 19.8 Å². The number of ether oxygens (including phenoxy) is 2. The number of unbranched alkanes of at least 4 members (excludes halogenated alkanes) is 21. The van der Waals surface area contributed by atoms with E-state index in [1.165, 1.54) is 116 Å². The van der Waals surface area contributed by atoms with Gasteiger partial charge in [0.15, 0.2) is 0 Å². The van der Waals surface area contributed by atoms with E-state index < -0.39 is 63.1 Å². The molecule has 6 atom stereocenters. The zero-order valence-electron chi connectivity index (χ0n) is 40.5. The predicted octanol–water partition coefficient (Wildman–Crippen LogP) is 11.4. The van der Waals surface area contributed by atoms with Crippen molar-refractivity contribution in [1.29, 1.82) is 0 Å². The number of phosphoric ester groups is 1. The Balaban J connectivity index is 2.37. The Morgan fingerprint density at radius 3 is 1.32 bits per heavy atom. The minimum atomic E-state index is -5.04. The zero-order valence-corrected chi connectivity index (χ0v) is 41.4. The molecule has 13 heteroatoms. The van der Waals surface area contributed by atoms with Crippen LogP contribution in [-0.4, -0.2) is 98.9 Å². The van der Waals surface area contributed by atoms with Gasteiger partial charge in [-0.1, -0.05) is 203 Å². The molecule has 0 spiro atoms. The fourth-order valence-electron chi connectivity index (χ4n) is 7.63. The summed E-state index contributed by atoms with van der Waals surface area (Å²) in [6.45, 7) is 4.11. The summed E-state index contributed by atoms with van der Waals surface area (Å²) in [5, 5.41) is 50.3. The molecule has 378 valence electrons. The zero-order chi connectivity index (χ0) is 47.6. The van der Waals surface area contributed by atoms with Gasteiger partial charge in [-0.15, -0.1) is 0 Å². The van der Waals surface area contributed by atoms with Crippen molar-refractivity contribution >= 4 is 13.8 Å². The lowest BCUT2D eigenvalue weighted by Gasteiger charge is -2.41. The van der Waals surface area contributed by atoms with E-state index in [0.29, 0.717) is 19.4 Å². The summed E-state index contributed by atoms with van der Waals surface area (Å²) in [5.41, 5.74) is 0. The maximum Gasteiger partial charge on any atom is 0.472 e. The van der Waals surface area contributed by atoms with Gasteiger partial charge in [-0.05, 0) is 51.4 Å². The van der Waals surface area contributed by atoms with E-state index in [9.17, 15) is 39.8 Å². The van der Waals surface area contributed by atoms with Crippen molar-refractivity contribution in [1.82, 2.24) is 0 Å². The summed E-state index contributed by atoms with van der Waals surface area (Å²) in [6.07, 6.45) is 41.6. The summed E-state index contributed by atoms with van der Waals surface area (Å²) in [6, 6.07) is 0. The minimum absolute atomic E-state index is 0.0992. The largest absolute Gasteiger partial charge is 0.472 e. The molecule has 0 aromatic carbocycles. The fraction of sp³-hybridized carbons (Fsp3) is 0.788. The highest BCUT2D eigenvalue weighted by Gasteiger charge is 2.51. The number of hydrogen-bond donors (Lipinski definition) is 6. The monoisotopic (exact) mass is 941 g/mol. The van der Waals surface area contributed by atoms with Gasteiger partial charge in [0.25, 0.3) is 0 Å². The van der Waals surface area contributed by atoms with Crippen LogP contribution in [0.1, 0.15) is 200 Å². The lowest BCUT2D eigenvalue weighted by molar-refractivity contribution is -0.220. The Labute approximate surface area is 394 Å². The second-order valence-electron chi connectivity index (χ2n) is 17.6. The second kappa shape index (κ2) is 42.2. The van der Waals surface area contributed by atoms with Crippen LogP contribution in [0.5, 0.6) is 0 Å². The van der Waals surface area contributed by atoms with Crippen molar-refractivity contribution in [2.24, 2.45) is 0 Å². The maximum absolute atomic E-state index is 12.8. The molecule has 1 fully saturated rings. The van der Waals surface area contributed by atoms with Crippen LogP contribution in [-0.2, 0) is 27.9 Å². The molecule has 12 nitrogen and oxygen atoms in total. The van der Waals surface area contributed by atoms with Crippen LogP contribution in [0.2, 0.25) is 0 Å². The van der Waals surface area contributed by atoms with Crippen LogP contribution >= 0.6 is 7.82 Å². The summed E-state index contributed by atoms with van der Waals surface area (Å²) in [5.74, 6) is -0.532. The van der Waals surface area contributed by atoms with Crippen LogP contribution in [0.3, 0.4) is 0 Å². The van der Waals surface area contributed by atoms with E-state index in [1.807, 2.05) is 12.2 Å². The molecule has 1 aliphatic carbocycles. The number of carbonyl (C=O) groups is 1. The molecule has 65 heavy (non-hydrogen) atoms. The van der Waals surface area contributed by atoms with Crippen LogP contribution in [0, 0.1) is 0 Å². The van der Waals surface area contributed by atoms with Crippen molar-refractivity contribution < 1.29 is 58.3 Å². The molecule has 0 aromatic rings. The molecule has 1 rings (SSSR count). The quantitative estimate of drug-likeness (QED) is 0.0147. The first-order valence-corrected chi connectivity index (χ1v) is 27.1. The number of aliphatic hydroxyl groups is 5. The van der Waals surface area contributed by atoms with Crippen molar-refractivity contribution in [3.63, 3.8) is 0 Å². The van der Waals surface area contributed by atoms with Crippen molar-refractivity contribution in [3.8, 4) is 0 Å². The molecule has 6 unspecified atom stereocenters. The Morgan fingerprint density at radius 2 is 0.892 bits per heavy atom. The summed E-state index contributed by atoms with van der Waals surface area (Å²) in [7, 11) is -5.04. The molecule has 6 N–H and O–H groups in total. The number of allylic oxidation sites excluding steroid dienone is 10. The third-order valence-corrected chi connectivity index (χ3v) is 12.6. The maximum atomic E-state index is 12.8. The topological polar surface area (TPSA) is 192 Å². The van der Waals surface area contributed by atoms with Crippen molar-refractivity contribution in [3.05, 3.63) is 60.8 Å². The fourth-order valence-corrected chi connectivity index (χ4v) is 8.60. The molecule has 1 saturated carbocycles. The smallest absolute Gasteiger partial charge is 0.457 e. The second-order valence-corrected chi connectivity index (χ2v) is 19.1. The Kier molecular flexibility index (Phi) is 39.6. The van der Waals surface area contributed by atoms with E-state index >= 15 is 0 Å². The summed E-state index contributed by atoms with van der Waals surface area (Å²) in [4.78, 5) is 23.2. The molecular weight excluding hydrogens is 848 g/mol. The minimum Gasteiger partial charge on any atom is -0.457 e. The highest BCUT2D eigenvalue weighted by Crippen LogP contribution is 2.47. The number of hydrogen-bond acceptors (Lipinski definition) is 11. The molecule has 0 radical (unpaired) electrons. The van der Waals surface area contributed by atoms with Gasteiger partial charge in [-0.25, -0.2) is 4.57 Å². The normalized spacial score (nSPS) is 22.0. The number of rotatable bonds is 43. The third kappa shape index (κ3) is 34.1. The number of aliphatic hydroxyl groups excluding tert-OH is 5. The van der Waals surface area contributed by atoms with E-state index in [1.54, 1.807) is 0 Å². The van der Waals surface area contributed by atoms with Gasteiger partial charge in [-0.3, -0.25) is 13.8 Å². The molecule has 0 heterocycles. The molecule has 0 saturated heterocycles. The van der Waals surface area contributed by atoms with E-state index in [2.05, 4.69) is 62.5 Å². The van der Waals surface area contributed by atoms with Gasteiger partial charge in [0.05, 0.1) is 13.2 Å². The average molecular weight is 941 g/mol. The lowest BCUT2D eigenvalue weighted by Crippen LogP contribution is -2.64. The van der Waals surface area contributed by atoms with Crippen LogP contribution < -0.4 is 0 Å². The summed E-state index contributed by atoms with van der Waals surface area (Å²) < 4.78 is 34.2. The van der Waals surface area contributed by atoms with Crippen LogP contribution in [0.15, 0.2) is 60.8 Å². The number of carbonyl (C=O) groups excluding carboxylic acids is 1. The number of esters is 1. The van der Waals surface area contributed by atoms with E-state index in [4.69, 9.17) is 18.5 Å². The standard InChI is InChI=1S/C52H93O12P/c1-3-5-7-9-11-13-15-17-19-21-22-23-24-26-28-30-32-34-36-38-40-42-61-43-45(44-62-65(59,60)64-52-50(57)48(55)47(54)49(56)51(52)58)63-46(53)41-39-37-35-33-31-29-27-25-20-18-16-14-12-10-8-6-4-2/h6,8,12,14,18,20,27,29,33,35,45,47-52,54-58H,3-5,7,9-11,13,15-17,19,21-26,28,30-32,34,36-44H2,1-2H3,(H,59,60)/b8-6-,14-12-,20-18-,29-27-,35-33-. The Hall–Kier alpha value is -1.96. The summed E-state index contributed by atoms with van der Waals surface area (Å²) >= 11 is 0.